The summed E-state index contributed by atoms with van der Waals surface area (Å²) in [6.45, 7) is 3.91. The first kappa shape index (κ1) is 21.6. The van der Waals surface area contributed by atoms with Gasteiger partial charge in [-0.2, -0.15) is 5.10 Å². The van der Waals surface area contributed by atoms with Gasteiger partial charge >= 0.3 is 0 Å². The van der Waals surface area contributed by atoms with Crippen LogP contribution in [-0.2, 0) is 0 Å². The van der Waals surface area contributed by atoms with E-state index in [0.717, 1.165) is 11.1 Å². The summed E-state index contributed by atoms with van der Waals surface area (Å²) in [6.07, 6.45) is 0. The van der Waals surface area contributed by atoms with Gasteiger partial charge < -0.3 is 22.1 Å². The molecule has 166 valence electrons. The first-order valence-corrected chi connectivity index (χ1v) is 10.3. The average Bonchev–Trinajstić information content (AvgIpc) is 3.25. The number of rotatable bonds is 5. The second kappa shape index (κ2) is 8.88. The molecular formula is C25H24N6O2. The minimum Gasteiger partial charge on any atom is -0.399 e. The maximum absolute atomic E-state index is 13.1. The molecule has 6 N–H and O–H groups in total. The number of nitrogens with two attached hydrogens (primary N) is 2. The molecule has 0 unspecified atom stereocenters. The van der Waals surface area contributed by atoms with Crippen LogP contribution < -0.4 is 22.1 Å². The van der Waals surface area contributed by atoms with Gasteiger partial charge in [-0.3, -0.25) is 9.59 Å². The number of nitrogen functional groups attached to an aromatic ring is 2. The molecule has 4 rings (SSSR count). The summed E-state index contributed by atoms with van der Waals surface area (Å²) in [7, 11) is 0. The highest BCUT2D eigenvalue weighted by Crippen LogP contribution is 2.21. The Morgan fingerprint density at radius 2 is 1.45 bits per heavy atom. The van der Waals surface area contributed by atoms with Crippen molar-refractivity contribution in [3.05, 3.63) is 95.3 Å². The number of carbonyl (C=O) groups excluding carboxylic acids is 2. The number of amides is 2. The van der Waals surface area contributed by atoms with Crippen LogP contribution in [-0.4, -0.2) is 21.6 Å². The highest BCUT2D eigenvalue weighted by atomic mass is 16.2. The molecule has 0 fully saturated rings. The van der Waals surface area contributed by atoms with E-state index in [1.165, 1.54) is 10.7 Å². The standard InChI is InChI=1S/C25H24N6O2/c1-15-4-3-5-21(16(15)2)29-24(32)22-14-23(25(33)28-19-10-6-17(26)7-11-19)31(30-22)20-12-8-18(27)9-13-20/h3-14H,26-27H2,1-2H3,(H,28,33)(H,29,32). The monoisotopic (exact) mass is 440 g/mol. The minimum absolute atomic E-state index is 0.107. The fourth-order valence-electron chi connectivity index (χ4n) is 3.30. The van der Waals surface area contributed by atoms with E-state index in [9.17, 15) is 9.59 Å². The third-order valence-corrected chi connectivity index (χ3v) is 5.33. The van der Waals surface area contributed by atoms with Gasteiger partial charge in [0.25, 0.3) is 11.8 Å². The van der Waals surface area contributed by atoms with Crippen LogP contribution in [0.1, 0.15) is 32.1 Å². The summed E-state index contributed by atoms with van der Waals surface area (Å²) in [5, 5.41) is 10.1. The smallest absolute Gasteiger partial charge is 0.276 e. The van der Waals surface area contributed by atoms with Crippen molar-refractivity contribution in [3.63, 3.8) is 0 Å². The molecule has 0 saturated heterocycles. The number of hydrogen-bond donors (Lipinski definition) is 4. The predicted molar refractivity (Wildman–Crippen MR) is 131 cm³/mol. The van der Waals surface area contributed by atoms with E-state index in [1.807, 2.05) is 32.0 Å². The van der Waals surface area contributed by atoms with Crippen LogP contribution in [0.5, 0.6) is 0 Å². The third kappa shape index (κ3) is 4.69. The first-order valence-electron chi connectivity index (χ1n) is 10.3. The van der Waals surface area contributed by atoms with Crippen LogP contribution in [0.2, 0.25) is 0 Å². The molecule has 0 aliphatic rings. The summed E-state index contributed by atoms with van der Waals surface area (Å²) in [6, 6.07) is 20.8. The van der Waals surface area contributed by atoms with Crippen LogP contribution in [0.3, 0.4) is 0 Å². The summed E-state index contributed by atoms with van der Waals surface area (Å²) >= 11 is 0. The third-order valence-electron chi connectivity index (χ3n) is 5.33. The Bertz CT molecular complexity index is 1320. The van der Waals surface area contributed by atoms with Crippen molar-refractivity contribution in [2.45, 2.75) is 13.8 Å². The topological polar surface area (TPSA) is 128 Å². The molecule has 0 aliphatic carbocycles. The van der Waals surface area contributed by atoms with Gasteiger partial charge in [0, 0.05) is 28.8 Å². The molecule has 0 spiro atoms. The minimum atomic E-state index is -0.421. The number of nitrogens with one attached hydrogen (secondary N) is 2. The molecule has 0 radical (unpaired) electrons. The fraction of sp³-hybridized carbons (Fsp3) is 0.0800. The highest BCUT2D eigenvalue weighted by Gasteiger charge is 2.21. The Hall–Kier alpha value is -4.59. The molecule has 0 saturated carbocycles. The fourth-order valence-corrected chi connectivity index (χ4v) is 3.30. The summed E-state index contributed by atoms with van der Waals surface area (Å²) < 4.78 is 1.42. The Kier molecular flexibility index (Phi) is 5.82. The van der Waals surface area contributed by atoms with Crippen molar-refractivity contribution >= 4 is 34.6 Å². The second-order valence-corrected chi connectivity index (χ2v) is 7.70. The van der Waals surface area contributed by atoms with Gasteiger partial charge in [-0.05, 0) is 79.6 Å². The Labute approximate surface area is 191 Å². The van der Waals surface area contributed by atoms with Crippen molar-refractivity contribution in [1.29, 1.82) is 0 Å². The first-order chi connectivity index (χ1) is 15.8. The maximum Gasteiger partial charge on any atom is 0.276 e. The van der Waals surface area contributed by atoms with Gasteiger partial charge in [0.1, 0.15) is 5.69 Å². The molecule has 1 heterocycles. The zero-order chi connectivity index (χ0) is 23.5. The van der Waals surface area contributed by atoms with E-state index in [1.54, 1.807) is 48.5 Å². The van der Waals surface area contributed by atoms with Gasteiger partial charge in [0.15, 0.2) is 5.69 Å². The van der Waals surface area contributed by atoms with E-state index in [0.29, 0.717) is 28.4 Å². The van der Waals surface area contributed by atoms with Crippen LogP contribution in [0.15, 0.2) is 72.8 Å². The molecular weight excluding hydrogens is 416 g/mol. The van der Waals surface area contributed by atoms with Crippen molar-refractivity contribution in [3.8, 4) is 5.69 Å². The largest absolute Gasteiger partial charge is 0.399 e. The van der Waals surface area contributed by atoms with Gasteiger partial charge in [0.2, 0.25) is 0 Å². The number of aromatic nitrogens is 2. The Morgan fingerprint density at radius 3 is 2.12 bits per heavy atom. The van der Waals surface area contributed by atoms with Crippen molar-refractivity contribution in [2.75, 3.05) is 22.1 Å². The highest BCUT2D eigenvalue weighted by molar-refractivity contribution is 6.08. The molecule has 8 nitrogen and oxygen atoms in total. The molecule has 2 amide bonds. The van der Waals surface area contributed by atoms with E-state index >= 15 is 0 Å². The SMILES string of the molecule is Cc1cccc(NC(=O)c2cc(C(=O)Nc3ccc(N)cc3)n(-c3ccc(N)cc3)n2)c1C. The van der Waals surface area contributed by atoms with E-state index in [-0.39, 0.29) is 11.4 Å². The van der Waals surface area contributed by atoms with Crippen LogP contribution in [0.4, 0.5) is 22.7 Å². The number of aryl methyl sites for hydroxylation is 1. The Balaban J connectivity index is 1.69. The lowest BCUT2D eigenvalue weighted by Gasteiger charge is -2.09. The normalized spacial score (nSPS) is 10.6. The van der Waals surface area contributed by atoms with Crippen molar-refractivity contribution in [1.82, 2.24) is 9.78 Å². The molecule has 0 atom stereocenters. The number of nitrogens with zero attached hydrogens (tertiary/aromatic N) is 2. The number of benzene rings is 3. The molecule has 1 aromatic heterocycles. The van der Waals surface area contributed by atoms with Crippen LogP contribution in [0, 0.1) is 13.8 Å². The van der Waals surface area contributed by atoms with E-state index in [2.05, 4.69) is 15.7 Å². The molecule has 0 aliphatic heterocycles. The van der Waals surface area contributed by atoms with E-state index in [4.69, 9.17) is 11.5 Å². The van der Waals surface area contributed by atoms with Gasteiger partial charge in [-0.15, -0.1) is 0 Å². The lowest BCUT2D eigenvalue weighted by atomic mass is 10.1. The average molecular weight is 441 g/mol. The summed E-state index contributed by atoms with van der Waals surface area (Å²) in [4.78, 5) is 26.1. The quantitative estimate of drug-likeness (QED) is 0.347. The second-order valence-electron chi connectivity index (χ2n) is 7.70. The van der Waals surface area contributed by atoms with Crippen molar-refractivity contribution in [2.24, 2.45) is 0 Å². The zero-order valence-corrected chi connectivity index (χ0v) is 18.3. The lowest BCUT2D eigenvalue weighted by Crippen LogP contribution is -2.17. The predicted octanol–water partition coefficient (Wildman–Crippen LogP) is 4.16. The molecule has 3 aromatic carbocycles. The zero-order valence-electron chi connectivity index (χ0n) is 18.3. The number of carbonyl (C=O) groups is 2. The Morgan fingerprint density at radius 1 is 0.818 bits per heavy atom. The molecule has 33 heavy (non-hydrogen) atoms. The summed E-state index contributed by atoms with van der Waals surface area (Å²) in [5.74, 6) is -0.839. The van der Waals surface area contributed by atoms with Gasteiger partial charge in [0.05, 0.1) is 5.69 Å². The number of hydrogen-bond acceptors (Lipinski definition) is 5. The van der Waals surface area contributed by atoms with Gasteiger partial charge in [-0.1, -0.05) is 12.1 Å². The summed E-state index contributed by atoms with van der Waals surface area (Å²) in [5.41, 5.74) is 16.9. The van der Waals surface area contributed by atoms with Crippen LogP contribution >= 0.6 is 0 Å². The molecule has 8 heteroatoms. The van der Waals surface area contributed by atoms with Crippen LogP contribution in [0.25, 0.3) is 5.69 Å². The lowest BCUT2D eigenvalue weighted by molar-refractivity contribution is 0.101. The number of anilines is 4. The van der Waals surface area contributed by atoms with E-state index < -0.39 is 11.8 Å². The van der Waals surface area contributed by atoms with Gasteiger partial charge in [-0.25, -0.2) is 4.68 Å². The molecule has 0 bridgehead atoms. The maximum atomic E-state index is 13.1. The van der Waals surface area contributed by atoms with Crippen molar-refractivity contribution < 1.29 is 9.59 Å². The molecule has 4 aromatic rings.